The van der Waals surface area contributed by atoms with Crippen molar-refractivity contribution >= 4 is 66.7 Å². The van der Waals surface area contributed by atoms with E-state index in [1.54, 1.807) is 38.1 Å². The summed E-state index contributed by atoms with van der Waals surface area (Å²) in [6.45, 7) is 3.81. The van der Waals surface area contributed by atoms with Gasteiger partial charge in [-0.2, -0.15) is 10.5 Å². The number of fused-ring (bicyclic) bond motifs is 2. The third-order valence-corrected chi connectivity index (χ3v) is 7.88. The van der Waals surface area contributed by atoms with Gasteiger partial charge in [-0.25, -0.2) is 0 Å². The van der Waals surface area contributed by atoms with E-state index < -0.39 is 23.6 Å². The number of benzene rings is 5. The maximum absolute atomic E-state index is 13.3. The van der Waals surface area contributed by atoms with Crippen LogP contribution in [0.25, 0.3) is 43.1 Å². The van der Waals surface area contributed by atoms with Crippen LogP contribution in [0.1, 0.15) is 66.4 Å². The lowest BCUT2D eigenvalue weighted by atomic mass is 9.79. The van der Waals surface area contributed by atoms with E-state index in [0.29, 0.717) is 54.2 Å². The van der Waals surface area contributed by atoms with Gasteiger partial charge in [0.2, 0.25) is 0 Å². The largest absolute Gasteiger partial charge is 0.275 e. The molecule has 180 valence electrons. The Morgan fingerprint density at radius 1 is 0.553 bits per heavy atom. The van der Waals surface area contributed by atoms with E-state index in [1.807, 2.05) is 0 Å². The summed E-state index contributed by atoms with van der Waals surface area (Å²) in [5, 5.41) is 24.6. The normalized spacial score (nSPS) is 14.8. The van der Waals surface area contributed by atoms with E-state index in [9.17, 15) is 29.7 Å². The average Bonchev–Trinajstić information content (AvgIpc) is 2.93. The summed E-state index contributed by atoms with van der Waals surface area (Å²) in [6.07, 6.45) is 0. The van der Waals surface area contributed by atoms with E-state index in [1.165, 1.54) is 12.1 Å². The molecular weight excluding hydrogens is 480 g/mol. The molecule has 0 fully saturated rings. The van der Waals surface area contributed by atoms with Crippen LogP contribution in [0.5, 0.6) is 0 Å². The Bertz CT molecular complexity index is 1960. The van der Waals surface area contributed by atoms with Gasteiger partial charge in [0.15, 0.2) is 0 Å². The van der Waals surface area contributed by atoms with Gasteiger partial charge in [0, 0.05) is 56.5 Å². The van der Waals surface area contributed by atoms with Crippen molar-refractivity contribution in [2.75, 3.05) is 13.1 Å². The second kappa shape index (κ2) is 7.12. The molecule has 0 bridgehead atoms. The SMILES string of the molecule is CCN1C(=O)c2ccc3c4c(C#N)cc5c6c(ccc(c7c(C#N)cc(c2c37)C1=O)c64)C(=O)N(CC)C5=O. The number of nitrogens with zero attached hydrogens (tertiary/aromatic N) is 4. The van der Waals surface area contributed by atoms with Gasteiger partial charge < -0.3 is 0 Å². The summed E-state index contributed by atoms with van der Waals surface area (Å²) in [7, 11) is 0. The molecule has 0 saturated heterocycles. The summed E-state index contributed by atoms with van der Waals surface area (Å²) >= 11 is 0. The molecule has 2 aliphatic rings. The van der Waals surface area contributed by atoms with E-state index in [-0.39, 0.29) is 35.3 Å². The van der Waals surface area contributed by atoms with E-state index in [2.05, 4.69) is 12.1 Å². The van der Waals surface area contributed by atoms with E-state index >= 15 is 0 Å². The monoisotopic (exact) mass is 496 g/mol. The van der Waals surface area contributed by atoms with Crippen molar-refractivity contribution in [1.82, 2.24) is 9.80 Å². The van der Waals surface area contributed by atoms with Crippen LogP contribution in [0.3, 0.4) is 0 Å². The second-order valence-electron chi connectivity index (χ2n) is 9.45. The van der Waals surface area contributed by atoms with Crippen molar-refractivity contribution in [2.45, 2.75) is 13.8 Å². The Labute approximate surface area is 215 Å². The minimum Gasteiger partial charge on any atom is -0.275 e. The third kappa shape index (κ3) is 2.28. The summed E-state index contributed by atoms with van der Waals surface area (Å²) < 4.78 is 0. The van der Waals surface area contributed by atoms with Gasteiger partial charge in [-0.3, -0.25) is 29.0 Å². The van der Waals surface area contributed by atoms with Crippen molar-refractivity contribution in [2.24, 2.45) is 0 Å². The highest BCUT2D eigenvalue weighted by molar-refractivity contribution is 6.42. The fourth-order valence-corrected chi connectivity index (χ4v) is 6.32. The smallest absolute Gasteiger partial charge is 0.261 e. The molecule has 8 nitrogen and oxygen atoms in total. The number of nitriles is 2. The molecule has 0 atom stereocenters. The van der Waals surface area contributed by atoms with Gasteiger partial charge in [-0.05, 0) is 48.9 Å². The van der Waals surface area contributed by atoms with Crippen molar-refractivity contribution in [3.63, 3.8) is 0 Å². The summed E-state index contributed by atoms with van der Waals surface area (Å²) in [5.74, 6) is -1.78. The Balaban J connectivity index is 1.81. The average molecular weight is 496 g/mol. The lowest BCUT2D eigenvalue weighted by Crippen LogP contribution is -2.40. The van der Waals surface area contributed by atoms with Gasteiger partial charge in [-0.1, -0.05) is 12.1 Å². The van der Waals surface area contributed by atoms with Crippen molar-refractivity contribution < 1.29 is 19.2 Å². The number of hydrogen-bond donors (Lipinski definition) is 0. The molecule has 4 amide bonds. The number of rotatable bonds is 2. The summed E-state index contributed by atoms with van der Waals surface area (Å²) in [5.41, 5.74) is 1.69. The molecule has 0 N–H and O–H groups in total. The molecule has 5 aromatic rings. The minimum absolute atomic E-state index is 0.188. The third-order valence-electron chi connectivity index (χ3n) is 7.88. The fourth-order valence-electron chi connectivity index (χ4n) is 6.32. The molecule has 8 heteroatoms. The zero-order chi connectivity index (χ0) is 26.6. The first kappa shape index (κ1) is 21.9. The van der Waals surface area contributed by atoms with Crippen LogP contribution >= 0.6 is 0 Å². The first-order valence-electron chi connectivity index (χ1n) is 12.2. The van der Waals surface area contributed by atoms with Gasteiger partial charge in [0.1, 0.15) is 0 Å². The predicted molar refractivity (Wildman–Crippen MR) is 139 cm³/mol. The highest BCUT2D eigenvalue weighted by atomic mass is 16.2. The molecule has 5 aromatic carbocycles. The van der Waals surface area contributed by atoms with Crippen molar-refractivity contribution in [3.05, 3.63) is 69.8 Å². The van der Waals surface area contributed by atoms with Crippen LogP contribution in [-0.2, 0) is 0 Å². The zero-order valence-electron chi connectivity index (χ0n) is 20.3. The number of carbonyl (C=O) groups is 4. The standard InChI is InChI=1S/C30H16N4O4/c1-3-33-27(35)17-7-5-15-22-14(12-32)10-20-24-18(28(36)34(4-2)30(20)38)8-6-16(26(22)24)21-13(11-31)9-19(29(33)37)23(17)25(15)21/h5-10H,3-4H2,1-2H3. The molecule has 2 heterocycles. The maximum atomic E-state index is 13.3. The van der Waals surface area contributed by atoms with Crippen LogP contribution in [0.4, 0.5) is 0 Å². The topological polar surface area (TPSA) is 122 Å². The van der Waals surface area contributed by atoms with E-state index in [4.69, 9.17) is 0 Å². The molecule has 0 aromatic heterocycles. The molecule has 0 spiro atoms. The van der Waals surface area contributed by atoms with Crippen LogP contribution in [-0.4, -0.2) is 46.5 Å². The van der Waals surface area contributed by atoms with Gasteiger partial charge in [0.05, 0.1) is 34.4 Å². The number of amides is 4. The molecule has 0 radical (unpaired) electrons. The molecule has 7 rings (SSSR count). The van der Waals surface area contributed by atoms with E-state index in [0.717, 1.165) is 9.80 Å². The first-order chi connectivity index (χ1) is 18.4. The first-order valence-corrected chi connectivity index (χ1v) is 12.2. The summed E-state index contributed by atoms with van der Waals surface area (Å²) in [6, 6.07) is 14.2. The van der Waals surface area contributed by atoms with Gasteiger partial charge in [-0.15, -0.1) is 0 Å². The Morgan fingerprint density at radius 3 is 1.26 bits per heavy atom. The fraction of sp³-hybridized carbons (Fsp3) is 0.133. The Kier molecular flexibility index (Phi) is 4.10. The van der Waals surface area contributed by atoms with Crippen LogP contribution in [0.2, 0.25) is 0 Å². The Hall–Kier alpha value is -5.34. The molecule has 0 aliphatic carbocycles. The number of hydrogen-bond acceptors (Lipinski definition) is 6. The lowest BCUT2D eigenvalue weighted by Gasteiger charge is -2.30. The number of imide groups is 2. The quantitative estimate of drug-likeness (QED) is 0.198. The number of carbonyl (C=O) groups excluding carboxylic acids is 4. The predicted octanol–water partition coefficient (Wildman–Crippen LogP) is 4.71. The lowest BCUT2D eigenvalue weighted by molar-refractivity contribution is 0.0603. The van der Waals surface area contributed by atoms with Crippen molar-refractivity contribution in [1.29, 1.82) is 10.5 Å². The highest BCUT2D eigenvalue weighted by Gasteiger charge is 2.37. The highest BCUT2D eigenvalue weighted by Crippen LogP contribution is 2.48. The molecule has 38 heavy (non-hydrogen) atoms. The van der Waals surface area contributed by atoms with Crippen LogP contribution < -0.4 is 0 Å². The Morgan fingerprint density at radius 2 is 0.921 bits per heavy atom. The minimum atomic E-state index is -0.474. The van der Waals surface area contributed by atoms with Crippen LogP contribution in [0, 0.1) is 22.7 Å². The second-order valence-corrected chi connectivity index (χ2v) is 9.45. The molecule has 0 saturated carbocycles. The van der Waals surface area contributed by atoms with Gasteiger partial charge >= 0.3 is 0 Å². The zero-order valence-corrected chi connectivity index (χ0v) is 20.3. The van der Waals surface area contributed by atoms with Crippen LogP contribution in [0.15, 0.2) is 36.4 Å². The summed E-state index contributed by atoms with van der Waals surface area (Å²) in [4.78, 5) is 55.5. The molecule has 2 aliphatic heterocycles. The maximum Gasteiger partial charge on any atom is 0.261 e. The van der Waals surface area contributed by atoms with Gasteiger partial charge in [0.25, 0.3) is 23.6 Å². The molecular formula is C30H16N4O4. The van der Waals surface area contributed by atoms with Crippen molar-refractivity contribution in [3.8, 4) is 12.1 Å². The molecule has 0 unspecified atom stereocenters.